The Morgan fingerprint density at radius 3 is 2.53 bits per heavy atom. The van der Waals surface area contributed by atoms with Crippen LogP contribution in [0.1, 0.15) is 38.2 Å². The highest BCUT2D eigenvalue weighted by atomic mass is 16.6. The summed E-state index contributed by atoms with van der Waals surface area (Å²) in [6, 6.07) is 10.5. The number of hydrogen-bond donors (Lipinski definition) is 0. The van der Waals surface area contributed by atoms with E-state index in [1.807, 2.05) is 6.07 Å². The molecule has 15 heavy (non-hydrogen) atoms. The normalized spacial score (nSPS) is 13.9. The Balaban J connectivity index is 1.78. The van der Waals surface area contributed by atoms with Crippen molar-refractivity contribution in [3.8, 4) is 0 Å². The Morgan fingerprint density at radius 2 is 1.80 bits per heavy atom. The molecule has 0 saturated heterocycles. The van der Waals surface area contributed by atoms with Gasteiger partial charge in [0.1, 0.15) is 11.5 Å². The summed E-state index contributed by atoms with van der Waals surface area (Å²) in [7, 11) is 0. The van der Waals surface area contributed by atoms with Crippen LogP contribution in [-0.4, -0.2) is 0 Å². The average molecular weight is 202 g/mol. The Hall–Kier alpha value is -1.24. The summed E-state index contributed by atoms with van der Waals surface area (Å²) in [6.45, 7) is 2.23. The molecule has 0 unspecified atom stereocenters. The number of unbranched alkanes of at least 4 members (excludes halogenated alkanes) is 2. The molecule has 0 aliphatic carbocycles. The van der Waals surface area contributed by atoms with E-state index in [9.17, 15) is 0 Å². The zero-order valence-electron chi connectivity index (χ0n) is 9.33. The van der Waals surface area contributed by atoms with E-state index in [1.165, 1.54) is 36.3 Å². The second kappa shape index (κ2) is 5.01. The third kappa shape index (κ3) is 3.12. The lowest BCUT2D eigenvalue weighted by Crippen LogP contribution is -1.80. The average Bonchev–Trinajstić information content (AvgIpc) is 2.99. The minimum Gasteiger partial charge on any atom is -0.459 e. The van der Waals surface area contributed by atoms with Crippen molar-refractivity contribution in [1.82, 2.24) is 0 Å². The molecular formula is C14H18O. The lowest BCUT2D eigenvalue weighted by atomic mass is 10.1. The Labute approximate surface area is 91.8 Å². The molecule has 0 spiro atoms. The first-order chi connectivity index (χ1) is 7.40. The molecule has 1 aromatic rings. The maximum Gasteiger partial charge on any atom is 0.146 e. The zero-order valence-corrected chi connectivity index (χ0v) is 9.33. The van der Waals surface area contributed by atoms with Crippen LogP contribution in [0, 0.1) is 0 Å². The van der Waals surface area contributed by atoms with E-state index in [1.54, 1.807) is 0 Å². The summed E-state index contributed by atoms with van der Waals surface area (Å²) in [4.78, 5) is 0. The molecule has 1 aromatic carbocycles. The van der Waals surface area contributed by atoms with E-state index in [2.05, 4.69) is 31.2 Å². The molecule has 1 heteroatoms. The summed E-state index contributed by atoms with van der Waals surface area (Å²) >= 11 is 0. The van der Waals surface area contributed by atoms with Gasteiger partial charge in [-0.3, -0.25) is 0 Å². The van der Waals surface area contributed by atoms with Crippen molar-refractivity contribution in [2.24, 2.45) is 0 Å². The molecule has 0 saturated carbocycles. The van der Waals surface area contributed by atoms with E-state index < -0.39 is 0 Å². The third-order valence-corrected chi connectivity index (χ3v) is 2.73. The summed E-state index contributed by atoms with van der Waals surface area (Å²) in [5, 5.41) is 0. The van der Waals surface area contributed by atoms with Crippen molar-refractivity contribution >= 4 is 0 Å². The molecule has 0 N–H and O–H groups in total. The Kier molecular flexibility index (Phi) is 3.44. The maximum absolute atomic E-state index is 5.50. The van der Waals surface area contributed by atoms with Crippen molar-refractivity contribution < 1.29 is 4.74 Å². The SMILES string of the molecule is CCCCCC1=C(Cc2ccccc2)O1. The molecule has 1 nitrogen and oxygen atoms in total. The molecule has 0 radical (unpaired) electrons. The quantitative estimate of drug-likeness (QED) is 0.634. The third-order valence-electron chi connectivity index (χ3n) is 2.73. The molecule has 0 bridgehead atoms. The van der Waals surface area contributed by atoms with Gasteiger partial charge in [-0.05, 0) is 12.0 Å². The molecule has 0 aromatic heterocycles. The van der Waals surface area contributed by atoms with Gasteiger partial charge in [-0.1, -0.05) is 50.1 Å². The topological polar surface area (TPSA) is 12.5 Å². The fourth-order valence-electron chi connectivity index (χ4n) is 1.77. The van der Waals surface area contributed by atoms with Gasteiger partial charge < -0.3 is 4.74 Å². The lowest BCUT2D eigenvalue weighted by molar-refractivity contribution is 0.440. The first kappa shape index (κ1) is 10.3. The Morgan fingerprint density at radius 1 is 1.00 bits per heavy atom. The minimum atomic E-state index is 0.975. The molecule has 1 aliphatic heterocycles. The number of benzene rings is 1. The lowest BCUT2D eigenvalue weighted by Gasteiger charge is -1.91. The van der Waals surface area contributed by atoms with Crippen LogP contribution >= 0.6 is 0 Å². The predicted molar refractivity (Wildman–Crippen MR) is 62.4 cm³/mol. The van der Waals surface area contributed by atoms with Crippen molar-refractivity contribution in [3.05, 3.63) is 47.4 Å². The van der Waals surface area contributed by atoms with Gasteiger partial charge >= 0.3 is 0 Å². The van der Waals surface area contributed by atoms with Gasteiger partial charge in [-0.2, -0.15) is 0 Å². The van der Waals surface area contributed by atoms with Gasteiger partial charge in [0.15, 0.2) is 0 Å². The first-order valence-corrected chi connectivity index (χ1v) is 5.84. The molecule has 80 valence electrons. The van der Waals surface area contributed by atoms with Gasteiger partial charge in [0, 0.05) is 12.8 Å². The van der Waals surface area contributed by atoms with Crippen LogP contribution in [0.25, 0.3) is 0 Å². The van der Waals surface area contributed by atoms with Crippen molar-refractivity contribution in [3.63, 3.8) is 0 Å². The molecule has 0 amide bonds. The molecule has 0 atom stereocenters. The van der Waals surface area contributed by atoms with Gasteiger partial charge in [-0.15, -0.1) is 0 Å². The highest BCUT2D eigenvalue weighted by Crippen LogP contribution is 2.33. The zero-order chi connectivity index (χ0) is 10.5. The summed E-state index contributed by atoms with van der Waals surface area (Å²) < 4.78 is 5.50. The number of ether oxygens (including phenoxy) is 1. The minimum absolute atomic E-state index is 0.975. The van der Waals surface area contributed by atoms with Gasteiger partial charge in [0.2, 0.25) is 0 Å². The number of rotatable bonds is 6. The van der Waals surface area contributed by atoms with Gasteiger partial charge in [0.25, 0.3) is 0 Å². The predicted octanol–water partition coefficient (Wildman–Crippen LogP) is 4.05. The summed E-state index contributed by atoms with van der Waals surface area (Å²) in [5.74, 6) is 2.45. The monoisotopic (exact) mass is 202 g/mol. The largest absolute Gasteiger partial charge is 0.459 e. The van der Waals surface area contributed by atoms with Crippen molar-refractivity contribution in [2.45, 2.75) is 39.0 Å². The van der Waals surface area contributed by atoms with Crippen LogP contribution in [-0.2, 0) is 11.2 Å². The molecule has 1 heterocycles. The van der Waals surface area contributed by atoms with Crippen LogP contribution < -0.4 is 0 Å². The van der Waals surface area contributed by atoms with Crippen LogP contribution in [0.4, 0.5) is 0 Å². The molecule has 1 aliphatic rings. The van der Waals surface area contributed by atoms with Crippen LogP contribution in [0.15, 0.2) is 41.9 Å². The molecule has 0 fully saturated rings. The van der Waals surface area contributed by atoms with Crippen molar-refractivity contribution in [2.75, 3.05) is 0 Å². The van der Waals surface area contributed by atoms with Crippen LogP contribution in [0.2, 0.25) is 0 Å². The number of allylic oxidation sites excluding steroid dienone is 2. The van der Waals surface area contributed by atoms with E-state index in [0.717, 1.165) is 12.8 Å². The second-order valence-electron chi connectivity index (χ2n) is 4.07. The van der Waals surface area contributed by atoms with E-state index in [0.29, 0.717) is 0 Å². The number of hydrogen-bond acceptors (Lipinski definition) is 1. The summed E-state index contributed by atoms with van der Waals surface area (Å²) in [5.41, 5.74) is 1.35. The fourth-order valence-corrected chi connectivity index (χ4v) is 1.77. The van der Waals surface area contributed by atoms with E-state index in [4.69, 9.17) is 4.74 Å². The second-order valence-corrected chi connectivity index (χ2v) is 4.07. The highest BCUT2D eigenvalue weighted by Gasteiger charge is 2.23. The van der Waals surface area contributed by atoms with Crippen LogP contribution in [0.5, 0.6) is 0 Å². The van der Waals surface area contributed by atoms with E-state index >= 15 is 0 Å². The van der Waals surface area contributed by atoms with Gasteiger partial charge in [-0.25, -0.2) is 0 Å². The van der Waals surface area contributed by atoms with Crippen LogP contribution in [0.3, 0.4) is 0 Å². The van der Waals surface area contributed by atoms with E-state index in [-0.39, 0.29) is 0 Å². The van der Waals surface area contributed by atoms with Gasteiger partial charge in [0.05, 0.1) is 0 Å². The summed E-state index contributed by atoms with van der Waals surface area (Å²) in [6.07, 6.45) is 5.97. The fraction of sp³-hybridized carbons (Fsp3) is 0.429. The van der Waals surface area contributed by atoms with Crippen molar-refractivity contribution in [1.29, 1.82) is 0 Å². The highest BCUT2D eigenvalue weighted by molar-refractivity contribution is 5.27. The Bertz CT molecular complexity index is 338. The standard InChI is InChI=1S/C14H18O/c1-2-3-5-10-13-14(15-13)11-12-8-6-4-7-9-12/h4,6-9H,2-3,5,10-11H2,1H3. The first-order valence-electron chi connectivity index (χ1n) is 5.84. The molecular weight excluding hydrogens is 184 g/mol. The smallest absolute Gasteiger partial charge is 0.146 e. The maximum atomic E-state index is 5.50. The molecule has 2 rings (SSSR count).